The van der Waals surface area contributed by atoms with Crippen molar-refractivity contribution in [1.82, 2.24) is 14.8 Å². The number of carbonyl (C=O) groups is 2. The molecule has 1 aromatic carbocycles. The van der Waals surface area contributed by atoms with Gasteiger partial charge in [0.25, 0.3) is 5.91 Å². The van der Waals surface area contributed by atoms with Crippen molar-refractivity contribution in [3.63, 3.8) is 0 Å². The fourth-order valence-corrected chi connectivity index (χ4v) is 3.30. The van der Waals surface area contributed by atoms with Gasteiger partial charge >= 0.3 is 0 Å². The lowest BCUT2D eigenvalue weighted by Crippen LogP contribution is -2.43. The number of fused-ring (bicyclic) bond motifs is 1. The predicted molar refractivity (Wildman–Crippen MR) is 93.6 cm³/mol. The van der Waals surface area contributed by atoms with Gasteiger partial charge < -0.3 is 9.80 Å². The number of hydrogen-bond donors (Lipinski definition) is 0. The van der Waals surface area contributed by atoms with E-state index in [0.717, 1.165) is 0 Å². The predicted octanol–water partition coefficient (Wildman–Crippen LogP) is 2.21. The molecule has 1 aliphatic heterocycles. The molecule has 3 rings (SSSR count). The summed E-state index contributed by atoms with van der Waals surface area (Å²) in [5.74, 6) is -1.29. The summed E-state index contributed by atoms with van der Waals surface area (Å²) >= 11 is 0. The molecule has 1 fully saturated rings. The third kappa shape index (κ3) is 3.23. The van der Waals surface area contributed by atoms with Crippen LogP contribution < -0.4 is 0 Å². The summed E-state index contributed by atoms with van der Waals surface area (Å²) in [5, 5.41) is 9.44. The zero-order valence-electron chi connectivity index (χ0n) is 14.6. The molecule has 0 spiro atoms. The first-order valence-corrected chi connectivity index (χ1v) is 8.40. The molecule has 1 aromatic heterocycles. The second-order valence-electron chi connectivity index (χ2n) is 6.69. The lowest BCUT2D eigenvalue weighted by Gasteiger charge is -2.24. The molecule has 26 heavy (non-hydrogen) atoms. The van der Waals surface area contributed by atoms with Crippen LogP contribution in [0.1, 0.15) is 23.7 Å². The second-order valence-corrected chi connectivity index (χ2v) is 6.69. The van der Waals surface area contributed by atoms with Crippen molar-refractivity contribution >= 4 is 22.7 Å². The minimum absolute atomic E-state index is 0.104. The second kappa shape index (κ2) is 7.08. The number of likely N-dealkylation sites (N-methyl/N-ethyl adjacent to an activating group) is 1. The van der Waals surface area contributed by atoms with E-state index in [1.54, 1.807) is 24.4 Å². The van der Waals surface area contributed by atoms with E-state index in [1.807, 2.05) is 6.92 Å². The van der Waals surface area contributed by atoms with Gasteiger partial charge in [0.05, 0.1) is 23.7 Å². The molecule has 1 saturated heterocycles. The van der Waals surface area contributed by atoms with Crippen LogP contribution in [0.25, 0.3) is 10.9 Å². The summed E-state index contributed by atoms with van der Waals surface area (Å²) in [7, 11) is 1.45. The quantitative estimate of drug-likeness (QED) is 0.847. The number of likely N-dealkylation sites (tertiary alicyclic amines) is 1. The molecule has 6 nitrogen and oxygen atoms in total. The van der Waals surface area contributed by atoms with Crippen LogP contribution in [-0.2, 0) is 4.79 Å². The number of amides is 2. The number of carbonyl (C=O) groups excluding carboxylic acids is 2. The van der Waals surface area contributed by atoms with E-state index >= 15 is 0 Å². The van der Waals surface area contributed by atoms with Crippen molar-refractivity contribution in [2.24, 2.45) is 5.92 Å². The number of hydrogen-bond acceptors (Lipinski definition) is 4. The third-order valence-electron chi connectivity index (χ3n) is 4.65. The van der Waals surface area contributed by atoms with Gasteiger partial charge in [0, 0.05) is 25.2 Å². The Bertz CT molecular complexity index is 908. The number of benzene rings is 1. The summed E-state index contributed by atoms with van der Waals surface area (Å²) < 4.78 is 14.7. The first kappa shape index (κ1) is 17.8. The lowest BCUT2D eigenvalue weighted by atomic mass is 10.1. The van der Waals surface area contributed by atoms with E-state index < -0.39 is 17.8 Å². The Hall–Kier alpha value is -3.01. The number of pyridine rings is 1. The van der Waals surface area contributed by atoms with Gasteiger partial charge in [0.15, 0.2) is 0 Å². The summed E-state index contributed by atoms with van der Waals surface area (Å²) in [5.41, 5.74) is 0.357. The molecule has 2 unspecified atom stereocenters. The van der Waals surface area contributed by atoms with Crippen LogP contribution in [0.3, 0.4) is 0 Å². The fourth-order valence-electron chi connectivity index (χ4n) is 3.30. The molecule has 7 heteroatoms. The molecule has 0 saturated carbocycles. The van der Waals surface area contributed by atoms with Crippen LogP contribution in [0.15, 0.2) is 30.5 Å². The van der Waals surface area contributed by atoms with E-state index in [0.29, 0.717) is 18.5 Å². The normalized spacial score (nSPS) is 19.4. The molecule has 2 atom stereocenters. The maximum absolute atomic E-state index is 14.7. The van der Waals surface area contributed by atoms with Crippen LogP contribution in [0.2, 0.25) is 0 Å². The van der Waals surface area contributed by atoms with Crippen molar-refractivity contribution < 1.29 is 14.0 Å². The Morgan fingerprint density at radius 3 is 2.92 bits per heavy atom. The zero-order chi connectivity index (χ0) is 18.8. The fraction of sp³-hybridized carbons (Fsp3) is 0.368. The van der Waals surface area contributed by atoms with E-state index in [4.69, 9.17) is 0 Å². The van der Waals surface area contributed by atoms with E-state index in [1.165, 1.54) is 22.9 Å². The highest BCUT2D eigenvalue weighted by Gasteiger charge is 2.34. The minimum atomic E-state index is -0.649. The largest absolute Gasteiger partial charge is 0.332 e. The maximum atomic E-state index is 14.7. The van der Waals surface area contributed by atoms with Crippen molar-refractivity contribution in [2.45, 2.75) is 19.4 Å². The Labute approximate surface area is 150 Å². The number of aromatic nitrogens is 1. The Kier molecular flexibility index (Phi) is 4.85. The van der Waals surface area contributed by atoms with E-state index in [9.17, 15) is 19.2 Å². The molecular formula is C19H19FN4O2. The summed E-state index contributed by atoms with van der Waals surface area (Å²) in [6.07, 6.45) is 2.18. The maximum Gasteiger partial charge on any atom is 0.257 e. The van der Waals surface area contributed by atoms with Crippen molar-refractivity contribution in [3.8, 4) is 6.07 Å². The Balaban J connectivity index is 1.77. The van der Waals surface area contributed by atoms with Gasteiger partial charge in [-0.3, -0.25) is 14.6 Å². The topological polar surface area (TPSA) is 77.3 Å². The number of nitriles is 1. The lowest BCUT2D eigenvalue weighted by molar-refractivity contribution is -0.131. The molecular weight excluding hydrogens is 335 g/mol. The van der Waals surface area contributed by atoms with Gasteiger partial charge in [0.2, 0.25) is 5.91 Å². The van der Waals surface area contributed by atoms with Crippen molar-refractivity contribution in [1.29, 1.82) is 5.26 Å². The zero-order valence-corrected chi connectivity index (χ0v) is 14.6. The Morgan fingerprint density at radius 1 is 1.42 bits per heavy atom. The van der Waals surface area contributed by atoms with Crippen LogP contribution >= 0.6 is 0 Å². The van der Waals surface area contributed by atoms with Crippen LogP contribution in [0, 0.1) is 23.1 Å². The molecule has 134 valence electrons. The summed E-state index contributed by atoms with van der Waals surface area (Å²) in [4.78, 5) is 31.8. The molecule has 0 bridgehead atoms. The van der Waals surface area contributed by atoms with Crippen LogP contribution in [0.4, 0.5) is 4.39 Å². The first-order valence-electron chi connectivity index (χ1n) is 8.40. The summed E-state index contributed by atoms with van der Waals surface area (Å²) in [6, 6.07) is 7.77. The smallest absolute Gasteiger partial charge is 0.257 e. The van der Waals surface area contributed by atoms with Gasteiger partial charge in [0.1, 0.15) is 11.9 Å². The molecule has 0 aliphatic carbocycles. The SMILES string of the molecule is CC1CC(C#N)N(C(=O)CN(C)C(=O)c2ccc3ncccc3c2F)C1. The highest BCUT2D eigenvalue weighted by molar-refractivity contribution is 5.99. The number of nitrogens with zero attached hydrogens (tertiary/aromatic N) is 4. The summed E-state index contributed by atoms with van der Waals surface area (Å²) in [6.45, 7) is 2.27. The van der Waals surface area contributed by atoms with Gasteiger partial charge in [-0.1, -0.05) is 6.92 Å². The van der Waals surface area contributed by atoms with Gasteiger partial charge in [-0.15, -0.1) is 0 Å². The number of rotatable bonds is 3. The van der Waals surface area contributed by atoms with Crippen molar-refractivity contribution in [2.75, 3.05) is 20.1 Å². The van der Waals surface area contributed by atoms with Gasteiger partial charge in [-0.05, 0) is 36.6 Å². The average Bonchev–Trinajstić information content (AvgIpc) is 3.02. The molecule has 2 heterocycles. The van der Waals surface area contributed by atoms with Gasteiger partial charge in [-0.2, -0.15) is 5.26 Å². The molecule has 0 radical (unpaired) electrons. The molecule has 1 aliphatic rings. The van der Waals surface area contributed by atoms with Crippen molar-refractivity contribution in [3.05, 3.63) is 41.8 Å². The standard InChI is InChI=1S/C19H19FN4O2/c1-12-8-13(9-21)24(10-12)17(25)11-23(2)19(26)15-5-6-16-14(18(15)20)4-3-7-22-16/h3-7,12-13H,8,10-11H2,1-2H3. The molecule has 2 amide bonds. The monoisotopic (exact) mass is 354 g/mol. The Morgan fingerprint density at radius 2 is 2.19 bits per heavy atom. The highest BCUT2D eigenvalue weighted by Crippen LogP contribution is 2.23. The molecule has 0 N–H and O–H groups in total. The van der Waals surface area contributed by atoms with E-state index in [2.05, 4.69) is 11.1 Å². The number of halogens is 1. The first-order chi connectivity index (χ1) is 12.4. The van der Waals surface area contributed by atoms with Crippen LogP contribution in [0.5, 0.6) is 0 Å². The minimum Gasteiger partial charge on any atom is -0.332 e. The van der Waals surface area contributed by atoms with E-state index in [-0.39, 0.29) is 29.3 Å². The highest BCUT2D eigenvalue weighted by atomic mass is 19.1. The van der Waals surface area contributed by atoms with Crippen LogP contribution in [-0.4, -0.2) is 52.8 Å². The average molecular weight is 354 g/mol. The third-order valence-corrected chi connectivity index (χ3v) is 4.65. The van der Waals surface area contributed by atoms with Gasteiger partial charge in [-0.25, -0.2) is 4.39 Å². The molecule has 2 aromatic rings.